The summed E-state index contributed by atoms with van der Waals surface area (Å²) in [6.07, 6.45) is 0. The molecule has 0 bridgehead atoms. The molecule has 0 amide bonds. The highest BCUT2D eigenvalue weighted by Crippen LogP contribution is 2.26. The zero-order valence-corrected chi connectivity index (χ0v) is 12.0. The summed E-state index contributed by atoms with van der Waals surface area (Å²) in [5.41, 5.74) is 0.860. The van der Waals surface area contributed by atoms with Gasteiger partial charge in [-0.15, -0.1) is 11.3 Å². The maximum atomic E-state index is 12.5. The van der Waals surface area contributed by atoms with Gasteiger partial charge in [0.15, 0.2) is 5.78 Å². The first-order valence-corrected chi connectivity index (χ1v) is 6.65. The first-order valence-electron chi connectivity index (χ1n) is 5.84. The molecular formula is C13H16N2O2S. The van der Waals surface area contributed by atoms with E-state index in [-0.39, 0.29) is 11.3 Å². The van der Waals surface area contributed by atoms with E-state index in [2.05, 4.69) is 4.98 Å². The van der Waals surface area contributed by atoms with Crippen LogP contribution in [0.1, 0.15) is 36.2 Å². The summed E-state index contributed by atoms with van der Waals surface area (Å²) in [7, 11) is 0. The van der Waals surface area contributed by atoms with Gasteiger partial charge in [0.1, 0.15) is 10.7 Å². The van der Waals surface area contributed by atoms with Crippen molar-refractivity contribution in [3.63, 3.8) is 0 Å². The average molecular weight is 264 g/mol. The predicted molar refractivity (Wildman–Crippen MR) is 73.5 cm³/mol. The first-order chi connectivity index (χ1) is 8.34. The highest BCUT2D eigenvalue weighted by Gasteiger charge is 2.19. The van der Waals surface area contributed by atoms with Crippen LogP contribution in [-0.4, -0.2) is 15.3 Å². The lowest BCUT2D eigenvalue weighted by atomic mass is 10.2. The fourth-order valence-corrected chi connectivity index (χ4v) is 3.11. The maximum absolute atomic E-state index is 12.5. The Balaban J connectivity index is 2.88. The quantitative estimate of drug-likeness (QED) is 0.837. The van der Waals surface area contributed by atoms with Crippen molar-refractivity contribution in [2.45, 2.75) is 40.7 Å². The smallest absolute Gasteiger partial charge is 0.263 e. The van der Waals surface area contributed by atoms with Crippen molar-refractivity contribution >= 4 is 27.3 Å². The van der Waals surface area contributed by atoms with Crippen molar-refractivity contribution < 1.29 is 4.79 Å². The molecule has 0 aliphatic heterocycles. The predicted octanol–water partition coefficient (Wildman–Crippen LogP) is 2.53. The SMILES string of the molecule is CC(=O)C(C)n1c(C)nc2sc(C)c(C)c2c1=O. The van der Waals surface area contributed by atoms with Crippen LogP contribution in [0.5, 0.6) is 0 Å². The van der Waals surface area contributed by atoms with E-state index >= 15 is 0 Å². The van der Waals surface area contributed by atoms with Gasteiger partial charge in [0.2, 0.25) is 0 Å². The third-order valence-corrected chi connectivity index (χ3v) is 4.49. The molecule has 0 radical (unpaired) electrons. The number of aryl methyl sites for hydroxylation is 3. The van der Waals surface area contributed by atoms with Crippen molar-refractivity contribution in [1.82, 2.24) is 9.55 Å². The molecule has 0 aliphatic rings. The third-order valence-electron chi connectivity index (χ3n) is 3.39. The molecule has 18 heavy (non-hydrogen) atoms. The van der Waals surface area contributed by atoms with Gasteiger partial charge in [0, 0.05) is 4.88 Å². The number of fused-ring (bicyclic) bond motifs is 1. The third kappa shape index (κ3) is 1.79. The van der Waals surface area contributed by atoms with Gasteiger partial charge in [0.25, 0.3) is 5.56 Å². The number of rotatable bonds is 2. The minimum absolute atomic E-state index is 0.0362. The van der Waals surface area contributed by atoms with Crippen molar-refractivity contribution in [2.24, 2.45) is 0 Å². The highest BCUT2D eigenvalue weighted by molar-refractivity contribution is 7.18. The molecule has 0 saturated heterocycles. The van der Waals surface area contributed by atoms with E-state index < -0.39 is 6.04 Å². The fourth-order valence-electron chi connectivity index (χ4n) is 2.05. The number of Topliss-reactive ketones (excluding diaryl/α,β-unsaturated/α-hetero) is 1. The van der Waals surface area contributed by atoms with Crippen LogP contribution in [0, 0.1) is 20.8 Å². The Kier molecular flexibility index (Phi) is 3.11. The summed E-state index contributed by atoms with van der Waals surface area (Å²) in [6, 6.07) is -0.464. The van der Waals surface area contributed by atoms with Gasteiger partial charge >= 0.3 is 0 Å². The molecule has 0 saturated carbocycles. The number of thiophene rings is 1. The Morgan fingerprint density at radius 2 is 1.94 bits per heavy atom. The van der Waals surface area contributed by atoms with Crippen LogP contribution in [0.3, 0.4) is 0 Å². The second-order valence-electron chi connectivity index (χ2n) is 4.58. The molecule has 0 spiro atoms. The first kappa shape index (κ1) is 13.0. The second kappa shape index (κ2) is 4.31. The van der Waals surface area contributed by atoms with E-state index in [1.165, 1.54) is 22.8 Å². The van der Waals surface area contributed by atoms with E-state index in [1.807, 2.05) is 13.8 Å². The number of aromatic nitrogens is 2. The van der Waals surface area contributed by atoms with E-state index in [0.717, 1.165) is 15.3 Å². The molecule has 4 nitrogen and oxygen atoms in total. The van der Waals surface area contributed by atoms with Crippen molar-refractivity contribution in [3.05, 3.63) is 26.6 Å². The van der Waals surface area contributed by atoms with Crippen LogP contribution in [0.2, 0.25) is 0 Å². The molecule has 2 heterocycles. The number of hydrogen-bond acceptors (Lipinski definition) is 4. The molecule has 0 aliphatic carbocycles. The van der Waals surface area contributed by atoms with Gasteiger partial charge in [-0.3, -0.25) is 14.2 Å². The summed E-state index contributed by atoms with van der Waals surface area (Å²) in [4.78, 5) is 30.3. The minimum Gasteiger partial charge on any atom is -0.298 e. The van der Waals surface area contributed by atoms with Gasteiger partial charge in [-0.1, -0.05) is 0 Å². The van der Waals surface area contributed by atoms with Crippen LogP contribution in [-0.2, 0) is 4.79 Å². The summed E-state index contributed by atoms with van der Waals surface area (Å²) in [5, 5.41) is 0.649. The minimum atomic E-state index is -0.464. The second-order valence-corrected chi connectivity index (χ2v) is 5.79. The Morgan fingerprint density at radius 3 is 2.50 bits per heavy atom. The lowest BCUT2D eigenvalue weighted by Crippen LogP contribution is -2.29. The summed E-state index contributed by atoms with van der Waals surface area (Å²) < 4.78 is 1.49. The standard InChI is InChI=1S/C13H16N2O2S/c1-6-9(4)18-12-11(6)13(17)15(10(5)14-12)7(2)8(3)16/h7H,1-5H3. The van der Waals surface area contributed by atoms with Crippen LogP contribution < -0.4 is 5.56 Å². The van der Waals surface area contributed by atoms with Crippen LogP contribution in [0.15, 0.2) is 4.79 Å². The van der Waals surface area contributed by atoms with Crippen LogP contribution in [0.25, 0.3) is 10.2 Å². The fraction of sp³-hybridized carbons (Fsp3) is 0.462. The Morgan fingerprint density at radius 1 is 1.33 bits per heavy atom. The topological polar surface area (TPSA) is 52.0 Å². The number of nitrogens with zero attached hydrogens (tertiary/aromatic N) is 2. The van der Waals surface area contributed by atoms with Gasteiger partial charge in [-0.2, -0.15) is 0 Å². The average Bonchev–Trinajstić information content (AvgIpc) is 2.54. The largest absolute Gasteiger partial charge is 0.298 e. The molecule has 5 heteroatoms. The van der Waals surface area contributed by atoms with Gasteiger partial charge in [-0.05, 0) is 40.2 Å². The van der Waals surface area contributed by atoms with Gasteiger partial charge in [0.05, 0.1) is 11.4 Å². The molecule has 0 fully saturated rings. The number of ketones is 1. The molecule has 2 rings (SSSR count). The molecule has 1 unspecified atom stereocenters. The van der Waals surface area contributed by atoms with E-state index in [0.29, 0.717) is 11.2 Å². The van der Waals surface area contributed by atoms with Crippen molar-refractivity contribution in [1.29, 1.82) is 0 Å². The van der Waals surface area contributed by atoms with Crippen molar-refractivity contribution in [3.8, 4) is 0 Å². The van der Waals surface area contributed by atoms with E-state index in [4.69, 9.17) is 0 Å². The van der Waals surface area contributed by atoms with E-state index in [1.54, 1.807) is 13.8 Å². The van der Waals surface area contributed by atoms with Gasteiger partial charge in [-0.25, -0.2) is 4.98 Å². The highest BCUT2D eigenvalue weighted by atomic mass is 32.1. The zero-order valence-electron chi connectivity index (χ0n) is 11.2. The summed E-state index contributed by atoms with van der Waals surface area (Å²) >= 11 is 1.53. The maximum Gasteiger partial charge on any atom is 0.263 e. The molecule has 0 N–H and O–H groups in total. The lowest BCUT2D eigenvalue weighted by Gasteiger charge is -2.14. The number of carbonyl (C=O) groups is 1. The number of carbonyl (C=O) groups excluding carboxylic acids is 1. The normalized spacial score (nSPS) is 12.9. The Labute approximate surface area is 109 Å². The summed E-state index contributed by atoms with van der Waals surface area (Å²) in [6.45, 7) is 8.90. The Hall–Kier alpha value is -1.49. The molecule has 96 valence electrons. The van der Waals surface area contributed by atoms with Gasteiger partial charge < -0.3 is 0 Å². The molecule has 0 aromatic carbocycles. The van der Waals surface area contributed by atoms with E-state index in [9.17, 15) is 9.59 Å². The molecule has 2 aromatic rings. The zero-order chi connectivity index (χ0) is 13.6. The van der Waals surface area contributed by atoms with Crippen LogP contribution >= 0.6 is 11.3 Å². The molecule has 1 atom stereocenters. The number of hydrogen-bond donors (Lipinski definition) is 0. The molecule has 2 aromatic heterocycles. The molecular weight excluding hydrogens is 248 g/mol. The van der Waals surface area contributed by atoms with Crippen LogP contribution in [0.4, 0.5) is 0 Å². The Bertz CT molecular complexity index is 697. The van der Waals surface area contributed by atoms with Crippen molar-refractivity contribution in [2.75, 3.05) is 0 Å². The summed E-state index contributed by atoms with van der Waals surface area (Å²) in [5.74, 6) is 0.558. The monoisotopic (exact) mass is 264 g/mol. The lowest BCUT2D eigenvalue weighted by molar-refractivity contribution is -0.119.